The van der Waals surface area contributed by atoms with E-state index in [2.05, 4.69) is 4.98 Å². The monoisotopic (exact) mass is 294 g/mol. The van der Waals surface area contributed by atoms with Crippen molar-refractivity contribution in [3.8, 4) is 5.75 Å². The average molecular weight is 294 g/mol. The third kappa shape index (κ3) is 3.39. The molecule has 0 aliphatic carbocycles. The molecule has 0 radical (unpaired) electrons. The molecule has 0 bridgehead atoms. The number of ether oxygens (including phenoxy) is 1. The molecule has 2 rings (SSSR count). The number of sulfone groups is 1. The van der Waals surface area contributed by atoms with Crippen LogP contribution in [0.3, 0.4) is 0 Å². The molecular weight excluding hydrogens is 276 g/mol. The lowest BCUT2D eigenvalue weighted by atomic mass is 10.2. The minimum absolute atomic E-state index is 0.0134. The van der Waals surface area contributed by atoms with Gasteiger partial charge >= 0.3 is 0 Å². The number of nitrogen functional groups attached to an aromatic ring is 1. The van der Waals surface area contributed by atoms with E-state index >= 15 is 0 Å². The molecule has 1 aromatic heterocycles. The Balaban J connectivity index is 2.13. The third-order valence-electron chi connectivity index (χ3n) is 2.93. The fourth-order valence-electron chi connectivity index (χ4n) is 1.98. The molecule has 5 nitrogen and oxygen atoms in total. The number of nitrogens with two attached hydrogens (primary N) is 1. The van der Waals surface area contributed by atoms with Crippen molar-refractivity contribution >= 4 is 26.4 Å². The zero-order valence-electron chi connectivity index (χ0n) is 11.4. The molecule has 6 heteroatoms. The van der Waals surface area contributed by atoms with Crippen molar-refractivity contribution in [2.75, 3.05) is 23.8 Å². The van der Waals surface area contributed by atoms with Crippen molar-refractivity contribution in [3.63, 3.8) is 0 Å². The summed E-state index contributed by atoms with van der Waals surface area (Å²) < 4.78 is 28.8. The summed E-state index contributed by atoms with van der Waals surface area (Å²) in [4.78, 5) is 4.24. The molecule has 0 saturated heterocycles. The van der Waals surface area contributed by atoms with Gasteiger partial charge in [0.1, 0.15) is 17.9 Å². The summed E-state index contributed by atoms with van der Waals surface area (Å²) in [5.74, 6) is 0.762. The molecule has 108 valence electrons. The number of rotatable bonds is 6. The second-order valence-electron chi connectivity index (χ2n) is 4.55. The van der Waals surface area contributed by atoms with Crippen LogP contribution in [0.1, 0.15) is 13.3 Å². The number of nitrogens with zero attached hydrogens (tertiary/aromatic N) is 1. The summed E-state index contributed by atoms with van der Waals surface area (Å²) in [6, 6.07) is 7.11. The van der Waals surface area contributed by atoms with Crippen LogP contribution in [-0.2, 0) is 9.84 Å². The number of aromatic nitrogens is 1. The maximum Gasteiger partial charge on any atom is 0.153 e. The summed E-state index contributed by atoms with van der Waals surface area (Å²) in [6.45, 7) is 1.97. The summed E-state index contributed by atoms with van der Waals surface area (Å²) in [7, 11) is -3.03. The highest BCUT2D eigenvalue weighted by atomic mass is 32.2. The summed E-state index contributed by atoms with van der Waals surface area (Å²) in [5, 5.41) is 0.807. The van der Waals surface area contributed by atoms with Crippen molar-refractivity contribution in [1.29, 1.82) is 0 Å². The Hall–Kier alpha value is -1.82. The minimum Gasteiger partial charge on any atom is -0.490 e. The molecule has 0 spiro atoms. The van der Waals surface area contributed by atoms with E-state index in [1.165, 1.54) is 0 Å². The second kappa shape index (κ2) is 6.09. The van der Waals surface area contributed by atoms with Gasteiger partial charge in [0.05, 0.1) is 11.5 Å². The Morgan fingerprint density at radius 2 is 2.05 bits per heavy atom. The van der Waals surface area contributed by atoms with Gasteiger partial charge in [0, 0.05) is 17.3 Å². The predicted octanol–water partition coefficient (Wildman–Crippen LogP) is 2.02. The molecule has 0 amide bonds. The van der Waals surface area contributed by atoms with Crippen LogP contribution in [0, 0.1) is 0 Å². The van der Waals surface area contributed by atoms with Crippen LogP contribution in [0.5, 0.6) is 5.75 Å². The number of pyridine rings is 1. The molecule has 0 saturated carbocycles. The van der Waals surface area contributed by atoms with Crippen LogP contribution >= 0.6 is 0 Å². The van der Waals surface area contributed by atoms with Gasteiger partial charge in [-0.2, -0.15) is 0 Å². The lowest BCUT2D eigenvalue weighted by molar-refractivity contribution is 0.344. The first-order valence-electron chi connectivity index (χ1n) is 6.50. The van der Waals surface area contributed by atoms with Gasteiger partial charge in [0.15, 0.2) is 9.84 Å². The van der Waals surface area contributed by atoms with Crippen molar-refractivity contribution in [3.05, 3.63) is 30.5 Å². The third-order valence-corrected chi connectivity index (χ3v) is 4.75. The van der Waals surface area contributed by atoms with E-state index in [0.717, 1.165) is 5.39 Å². The first-order chi connectivity index (χ1) is 9.53. The van der Waals surface area contributed by atoms with Gasteiger partial charge in [-0.1, -0.05) is 6.92 Å². The Morgan fingerprint density at radius 3 is 2.80 bits per heavy atom. The average Bonchev–Trinajstić information content (AvgIpc) is 2.41. The van der Waals surface area contributed by atoms with Gasteiger partial charge in [0.25, 0.3) is 0 Å². The first kappa shape index (κ1) is 14.6. The topological polar surface area (TPSA) is 82.3 Å². The molecule has 0 aliphatic rings. The fraction of sp³-hybridized carbons (Fsp3) is 0.357. The van der Waals surface area contributed by atoms with Crippen LogP contribution in [0.2, 0.25) is 0 Å². The maximum atomic E-state index is 11.6. The molecule has 2 N–H and O–H groups in total. The van der Waals surface area contributed by atoms with Gasteiger partial charge in [-0.25, -0.2) is 8.42 Å². The molecule has 20 heavy (non-hydrogen) atoms. The number of fused-ring (bicyclic) bond motifs is 1. The Morgan fingerprint density at radius 1 is 1.25 bits per heavy atom. The van der Waals surface area contributed by atoms with E-state index in [0.29, 0.717) is 23.4 Å². The molecule has 1 aromatic carbocycles. The SMILES string of the molecule is CCCS(=O)(=O)CCOc1ccc(N)c2cccnc12. The van der Waals surface area contributed by atoms with Gasteiger partial charge in [-0.3, -0.25) is 4.98 Å². The second-order valence-corrected chi connectivity index (χ2v) is 6.86. The minimum atomic E-state index is -3.03. The smallest absolute Gasteiger partial charge is 0.153 e. The molecule has 0 atom stereocenters. The predicted molar refractivity (Wildman–Crippen MR) is 80.6 cm³/mol. The van der Waals surface area contributed by atoms with Crippen LogP contribution in [-0.4, -0.2) is 31.5 Å². The lowest BCUT2D eigenvalue weighted by Crippen LogP contribution is -2.16. The molecule has 1 heterocycles. The molecule has 0 fully saturated rings. The van der Waals surface area contributed by atoms with Crippen molar-refractivity contribution in [1.82, 2.24) is 4.98 Å². The van der Waals surface area contributed by atoms with E-state index in [9.17, 15) is 8.42 Å². The number of hydrogen-bond acceptors (Lipinski definition) is 5. The Labute approximate surface area is 118 Å². The number of hydrogen-bond donors (Lipinski definition) is 1. The summed E-state index contributed by atoms with van der Waals surface area (Å²) >= 11 is 0. The van der Waals surface area contributed by atoms with E-state index in [4.69, 9.17) is 10.5 Å². The van der Waals surface area contributed by atoms with Crippen molar-refractivity contribution < 1.29 is 13.2 Å². The molecule has 0 unspecified atom stereocenters. The van der Waals surface area contributed by atoms with Crippen LogP contribution in [0.15, 0.2) is 30.5 Å². The van der Waals surface area contributed by atoms with E-state index in [-0.39, 0.29) is 18.1 Å². The molecular formula is C14H18N2O3S. The highest BCUT2D eigenvalue weighted by molar-refractivity contribution is 7.91. The van der Waals surface area contributed by atoms with Gasteiger partial charge in [-0.15, -0.1) is 0 Å². The summed E-state index contributed by atoms with van der Waals surface area (Å²) in [5.41, 5.74) is 7.15. The highest BCUT2D eigenvalue weighted by Gasteiger charge is 2.11. The highest BCUT2D eigenvalue weighted by Crippen LogP contribution is 2.27. The number of anilines is 1. The van der Waals surface area contributed by atoms with Crippen molar-refractivity contribution in [2.45, 2.75) is 13.3 Å². The van der Waals surface area contributed by atoms with Crippen LogP contribution in [0.4, 0.5) is 5.69 Å². The Bertz CT molecular complexity index is 699. The molecule has 0 aliphatic heterocycles. The summed E-state index contributed by atoms with van der Waals surface area (Å²) in [6.07, 6.45) is 2.27. The van der Waals surface area contributed by atoms with Gasteiger partial charge in [0.2, 0.25) is 0 Å². The largest absolute Gasteiger partial charge is 0.490 e. The van der Waals surface area contributed by atoms with E-state index < -0.39 is 9.84 Å². The van der Waals surface area contributed by atoms with Crippen LogP contribution < -0.4 is 10.5 Å². The van der Waals surface area contributed by atoms with E-state index in [1.54, 1.807) is 24.4 Å². The van der Waals surface area contributed by atoms with Crippen molar-refractivity contribution in [2.24, 2.45) is 0 Å². The lowest BCUT2D eigenvalue weighted by Gasteiger charge is -2.10. The van der Waals surface area contributed by atoms with E-state index in [1.807, 2.05) is 13.0 Å². The molecule has 2 aromatic rings. The Kier molecular flexibility index (Phi) is 4.44. The normalized spacial score (nSPS) is 11.7. The standard InChI is InChI=1S/C14H18N2O3S/c1-2-9-20(17,18)10-8-19-13-6-5-12(15)11-4-3-7-16-14(11)13/h3-7H,2,8-10,15H2,1H3. The fourth-order valence-corrected chi connectivity index (χ4v) is 3.14. The zero-order valence-corrected chi connectivity index (χ0v) is 12.2. The number of benzene rings is 1. The quantitative estimate of drug-likeness (QED) is 0.824. The zero-order chi connectivity index (χ0) is 14.6. The maximum absolute atomic E-state index is 11.6. The van der Waals surface area contributed by atoms with Gasteiger partial charge in [-0.05, 0) is 30.7 Å². The van der Waals surface area contributed by atoms with Gasteiger partial charge < -0.3 is 10.5 Å². The van der Waals surface area contributed by atoms with Crippen LogP contribution in [0.25, 0.3) is 10.9 Å². The first-order valence-corrected chi connectivity index (χ1v) is 8.32.